The van der Waals surface area contributed by atoms with Crippen molar-refractivity contribution in [3.63, 3.8) is 0 Å². The maximum atomic E-state index is 16.3. The zero-order chi connectivity index (χ0) is 62.1. The van der Waals surface area contributed by atoms with Crippen LogP contribution in [0, 0.1) is 62.1 Å². The van der Waals surface area contributed by atoms with Gasteiger partial charge in [0.15, 0.2) is 5.78 Å². The number of hydrogen-bond acceptors (Lipinski definition) is 10. The number of carbonyl (C=O) groups is 3. The number of Topliss-reactive ketones (excluding diaryl/α,β-unsaturated/α-hetero) is 3. The van der Waals surface area contributed by atoms with Crippen LogP contribution in [0.3, 0.4) is 0 Å². The topological polar surface area (TPSA) is 187 Å². The van der Waals surface area contributed by atoms with E-state index in [-0.39, 0.29) is 46.8 Å². The van der Waals surface area contributed by atoms with Crippen LogP contribution < -0.4 is 5.32 Å². The molecular weight excluding hydrogens is 1100 g/mol. The maximum absolute atomic E-state index is 16.3. The van der Waals surface area contributed by atoms with E-state index in [2.05, 4.69) is 87.9 Å². The van der Waals surface area contributed by atoms with Crippen LogP contribution in [0.5, 0.6) is 0 Å². The Morgan fingerprint density at radius 2 is 1.60 bits per heavy atom. The van der Waals surface area contributed by atoms with Crippen LogP contribution in [0.15, 0.2) is 35.7 Å². The Morgan fingerprint density at radius 1 is 0.864 bits per heavy atom. The number of carbonyl (C=O) groups excluding carboxylic acids is 3. The number of H-pyrrole nitrogens is 1. The number of hydrogen-bond donors (Lipinski definition) is 6. The maximum Gasteiger partial charge on any atom is 0.160 e. The normalized spacial score (nSPS) is 41.6. The minimum absolute atomic E-state index is 0.0573. The fourth-order valence-electron chi connectivity index (χ4n) is 23.6. The van der Waals surface area contributed by atoms with Gasteiger partial charge in [-0.05, 0) is 202 Å². The molecule has 12 nitrogen and oxygen atoms in total. The highest BCUT2D eigenvalue weighted by Gasteiger charge is 2.78. The van der Waals surface area contributed by atoms with Crippen molar-refractivity contribution in [2.75, 3.05) is 20.2 Å². The molecule has 3 aromatic rings. The van der Waals surface area contributed by atoms with Gasteiger partial charge in [0.1, 0.15) is 17.7 Å². The number of nitrogens with zero attached hydrogens (tertiary/aromatic N) is 1. The Kier molecular flexibility index (Phi) is 15.2. The number of aliphatic hydroxyl groups is 4. The summed E-state index contributed by atoms with van der Waals surface area (Å²) in [6, 6.07) is 4.84. The van der Waals surface area contributed by atoms with Crippen LogP contribution >= 0.6 is 0 Å². The minimum Gasteiger partial charge on any atom is -0.393 e. The van der Waals surface area contributed by atoms with Gasteiger partial charge in [-0.3, -0.25) is 14.4 Å². The quantitative estimate of drug-likeness (QED) is 0.0953. The monoisotopic (exact) mass is 1210 g/mol. The number of benzene rings is 1. The van der Waals surface area contributed by atoms with Crippen molar-refractivity contribution >= 4 is 28.4 Å². The molecule has 8 fully saturated rings. The summed E-state index contributed by atoms with van der Waals surface area (Å²) >= 11 is 0. The number of ketones is 3. The van der Waals surface area contributed by atoms with Gasteiger partial charge in [0, 0.05) is 78.4 Å². The molecule has 2 spiro atoms. The van der Waals surface area contributed by atoms with Crippen molar-refractivity contribution in [1.29, 1.82) is 0 Å². The lowest BCUT2D eigenvalue weighted by Crippen LogP contribution is -2.72. The average Bonchev–Trinajstić information content (AvgIpc) is 1.79. The summed E-state index contributed by atoms with van der Waals surface area (Å²) in [5.74, 6) is -0.360. The number of allylic oxidation sites excluding steroid dienone is 1. The molecule has 6 N–H and O–H groups in total. The first-order valence-corrected chi connectivity index (χ1v) is 35.6. The lowest BCUT2D eigenvalue weighted by molar-refractivity contribution is -0.262. The van der Waals surface area contributed by atoms with Gasteiger partial charge in [-0.1, -0.05) is 106 Å². The summed E-state index contributed by atoms with van der Waals surface area (Å²) in [6.07, 6.45) is 22.6. The molecule has 6 saturated carbocycles. The van der Waals surface area contributed by atoms with Gasteiger partial charge < -0.3 is 44.8 Å². The number of fused-ring (bicyclic) bond motifs is 6. The SMILES string of the molecule is CNCC[C@]1(C)C(=O)C[C@]2(CC[C@H](O)C2)[C@@]2(C)[C@H]3[C@H](O)[C@@H]4Cn5cc([C@@H]6C(=O)[C@H](CCC(C)C)Cc7c6cc(C6CCCCC6)cc7[C@@]6(O)CCOC7(CCCCC7)C6)c6[nH]cc(c65)CC[C@@](C)(C[C@@H](O)[C@H]5OC5(C)C)C5=C4[C@](C)(CC5=O)[C@@]3(C)CC[C@H]21. The summed E-state index contributed by atoms with van der Waals surface area (Å²) in [6.45, 7) is 21.8. The Hall–Kier alpha value is -3.49. The van der Waals surface area contributed by atoms with Crippen LogP contribution in [-0.2, 0) is 48.8 Å². The first-order valence-electron chi connectivity index (χ1n) is 35.6. The third-order valence-corrected chi connectivity index (χ3v) is 28.4. The van der Waals surface area contributed by atoms with Gasteiger partial charge >= 0.3 is 0 Å². The Morgan fingerprint density at radius 3 is 2.30 bits per heavy atom. The van der Waals surface area contributed by atoms with E-state index in [4.69, 9.17) is 9.47 Å². The molecule has 0 bridgehead atoms. The van der Waals surface area contributed by atoms with E-state index >= 15 is 14.4 Å². The van der Waals surface area contributed by atoms with Crippen LogP contribution in [0.4, 0.5) is 0 Å². The van der Waals surface area contributed by atoms with Crippen LogP contribution in [0.2, 0.25) is 0 Å². The molecule has 0 radical (unpaired) electrons. The lowest BCUT2D eigenvalue weighted by Gasteiger charge is -2.74. The number of aromatic nitrogens is 2. The number of aliphatic hydroxyl groups excluding tert-OH is 3. The molecule has 88 heavy (non-hydrogen) atoms. The van der Waals surface area contributed by atoms with Gasteiger partial charge in [0.25, 0.3) is 0 Å². The first-order chi connectivity index (χ1) is 41.7. The van der Waals surface area contributed by atoms with Crippen LogP contribution in [0.1, 0.15) is 262 Å². The summed E-state index contributed by atoms with van der Waals surface area (Å²) in [4.78, 5) is 51.4. The second-order valence-electron chi connectivity index (χ2n) is 34.1. The Balaban J connectivity index is 0.974. The molecule has 0 amide bonds. The zero-order valence-electron chi connectivity index (χ0n) is 55.4. The number of ether oxygens (including phenoxy) is 2. The van der Waals surface area contributed by atoms with Crippen molar-refractivity contribution in [3.8, 4) is 0 Å². The van der Waals surface area contributed by atoms with Crippen molar-refractivity contribution in [2.45, 2.75) is 289 Å². The van der Waals surface area contributed by atoms with Crippen molar-refractivity contribution in [1.82, 2.24) is 14.9 Å². The second-order valence-corrected chi connectivity index (χ2v) is 34.1. The molecular formula is C76H109N3O9. The van der Waals surface area contributed by atoms with Crippen LogP contribution in [0.25, 0.3) is 11.0 Å². The molecule has 1 aromatic carbocycles. The Bertz CT molecular complexity index is 3300. The standard InChI is InChI=1S/C76H109N3O9/c1-44(2)19-20-46-33-50-51(34-48(45-17-13-11-14-18-45)35-54(50)76(86)30-32-87-75(43-76)24-15-12-16-25-75)59(64(46)84)52-41-79-42-53-60-61(69(5,37-56(82)67-68(3,4)88-67)26-21-47-40-78-62(52)63(47)79)55(81)38-72(60,8)71(7)27-23-57-70(6,29-31-77-10)58(83)39-74(28-22-49(80)36-74)73(57,9)66(71)65(53)85/h34-35,40-41,44-46,49,53,56-57,59,65-67,77-78,80,82,85-86H,11-33,36-39,42-43H2,1-10H3/t46-,49+,53-,56-,57+,59-,65-,66+,67-,69+,70+,71+,72+,73-,74-,76-/m1/s1. The van der Waals surface area contributed by atoms with Gasteiger partial charge in [-0.25, -0.2) is 0 Å². The summed E-state index contributed by atoms with van der Waals surface area (Å²) < 4.78 is 15.3. The number of epoxide rings is 1. The number of aryl methyl sites for hydroxylation is 1. The molecule has 12 heteroatoms. The fourth-order valence-corrected chi connectivity index (χ4v) is 23.6. The van der Waals surface area contributed by atoms with E-state index in [1.54, 1.807) is 0 Å². The van der Waals surface area contributed by atoms with E-state index in [0.29, 0.717) is 102 Å². The van der Waals surface area contributed by atoms with E-state index < -0.39 is 73.8 Å². The van der Waals surface area contributed by atoms with Gasteiger partial charge in [-0.15, -0.1) is 0 Å². The number of nitrogens with one attached hydrogen (secondary N) is 2. The molecule has 14 rings (SSSR count). The molecule has 5 heterocycles. The van der Waals surface area contributed by atoms with E-state index in [1.165, 1.54) is 31.2 Å². The molecule has 8 aliphatic carbocycles. The third kappa shape index (κ3) is 9.17. The largest absolute Gasteiger partial charge is 0.393 e. The minimum atomic E-state index is -1.10. The average molecular weight is 1210 g/mol. The molecule has 3 aliphatic heterocycles. The van der Waals surface area contributed by atoms with Crippen molar-refractivity contribution in [3.05, 3.63) is 69.1 Å². The fraction of sp³-hybridized carbons (Fsp3) is 0.776. The van der Waals surface area contributed by atoms with Gasteiger partial charge in [-0.2, -0.15) is 0 Å². The molecule has 0 unspecified atom stereocenters. The predicted octanol–water partition coefficient (Wildman–Crippen LogP) is 13.3. The highest BCUT2D eigenvalue weighted by atomic mass is 16.6. The van der Waals surface area contributed by atoms with Crippen LogP contribution in [-0.4, -0.2) is 103 Å². The van der Waals surface area contributed by atoms with E-state index in [9.17, 15) is 20.4 Å². The first kappa shape index (κ1) is 62.0. The van der Waals surface area contributed by atoms with E-state index in [1.807, 2.05) is 20.9 Å². The number of rotatable bonds is 12. The van der Waals surface area contributed by atoms with Gasteiger partial charge in [0.05, 0.1) is 58.7 Å². The molecule has 482 valence electrons. The van der Waals surface area contributed by atoms with E-state index in [0.717, 1.165) is 121 Å². The summed E-state index contributed by atoms with van der Waals surface area (Å²) in [5.41, 5.74) is 4.63. The zero-order valence-corrected chi connectivity index (χ0v) is 55.4. The van der Waals surface area contributed by atoms with Crippen molar-refractivity contribution < 1.29 is 44.3 Å². The molecule has 2 saturated heterocycles. The summed E-state index contributed by atoms with van der Waals surface area (Å²) in [5, 5.41) is 55.8. The van der Waals surface area contributed by atoms with Gasteiger partial charge in [0.2, 0.25) is 0 Å². The lowest BCUT2D eigenvalue weighted by atomic mass is 9.30. The third-order valence-electron chi connectivity index (χ3n) is 28.4. The Labute approximate surface area is 525 Å². The smallest absolute Gasteiger partial charge is 0.160 e. The predicted molar refractivity (Wildman–Crippen MR) is 343 cm³/mol. The second kappa shape index (κ2) is 21.5. The highest BCUT2D eigenvalue weighted by Crippen LogP contribution is 2.80. The van der Waals surface area contributed by atoms with Crippen molar-refractivity contribution in [2.24, 2.45) is 62.1 Å². The molecule has 11 aliphatic rings. The molecule has 2 aromatic heterocycles. The highest BCUT2D eigenvalue weighted by molar-refractivity contribution is 6.02. The summed E-state index contributed by atoms with van der Waals surface area (Å²) in [7, 11) is 1.96. The number of aromatic amines is 1. The molecule has 16 atom stereocenters.